The highest BCUT2D eigenvalue weighted by molar-refractivity contribution is 6.03. The molecule has 3 heteroatoms. The second kappa shape index (κ2) is 6.97. The number of aryl methyl sites for hydroxylation is 1. The molecule has 0 saturated carbocycles. The lowest BCUT2D eigenvalue weighted by Gasteiger charge is -2.06. The van der Waals surface area contributed by atoms with Gasteiger partial charge in [0.05, 0.1) is 6.10 Å². The van der Waals surface area contributed by atoms with E-state index in [1.54, 1.807) is 13.3 Å². The van der Waals surface area contributed by atoms with E-state index < -0.39 is 0 Å². The summed E-state index contributed by atoms with van der Waals surface area (Å²) in [5.74, 6) is 0.736. The van der Waals surface area contributed by atoms with E-state index in [2.05, 4.69) is 29.0 Å². The summed E-state index contributed by atoms with van der Waals surface area (Å²) < 4.78 is 5.39. The van der Waals surface area contributed by atoms with Gasteiger partial charge in [-0.2, -0.15) is 0 Å². The van der Waals surface area contributed by atoms with Crippen molar-refractivity contribution in [1.82, 2.24) is 0 Å². The molecular weight excluding hydrogens is 212 g/mol. The third-order valence-electron chi connectivity index (χ3n) is 2.32. The highest BCUT2D eigenvalue weighted by Crippen LogP contribution is 2.06. The van der Waals surface area contributed by atoms with Crippen LogP contribution in [0.25, 0.3) is 0 Å². The third-order valence-corrected chi connectivity index (χ3v) is 2.32. The fourth-order valence-corrected chi connectivity index (χ4v) is 1.53. The van der Waals surface area contributed by atoms with Crippen molar-refractivity contribution < 1.29 is 4.74 Å². The second-order valence-corrected chi connectivity index (χ2v) is 3.86. The Balaban J connectivity index is 2.80. The average molecular weight is 232 g/mol. The standard InChI is InChI=1S/C14H20N2O/c1-5-17-12(3)10-16-14(15-4)13-8-6-7-11(2)9-13/h6-10,12H,5H2,1-4H3. The van der Waals surface area contributed by atoms with Gasteiger partial charge >= 0.3 is 0 Å². The summed E-state index contributed by atoms with van der Waals surface area (Å²) >= 11 is 0. The Morgan fingerprint density at radius 3 is 2.82 bits per heavy atom. The van der Waals surface area contributed by atoms with Crippen LogP contribution in [-0.4, -0.2) is 31.8 Å². The van der Waals surface area contributed by atoms with Crippen LogP contribution in [0.4, 0.5) is 0 Å². The van der Waals surface area contributed by atoms with E-state index in [1.807, 2.05) is 26.0 Å². The molecule has 3 nitrogen and oxygen atoms in total. The van der Waals surface area contributed by atoms with E-state index in [4.69, 9.17) is 4.74 Å². The highest BCUT2D eigenvalue weighted by Gasteiger charge is 2.01. The zero-order valence-corrected chi connectivity index (χ0v) is 11.0. The average Bonchev–Trinajstić information content (AvgIpc) is 2.30. The molecule has 0 saturated heterocycles. The number of nitrogens with zero attached hydrogens (tertiary/aromatic N) is 2. The highest BCUT2D eigenvalue weighted by atomic mass is 16.5. The van der Waals surface area contributed by atoms with Gasteiger partial charge in [0.1, 0.15) is 0 Å². The van der Waals surface area contributed by atoms with E-state index in [0.717, 1.165) is 11.4 Å². The fourth-order valence-electron chi connectivity index (χ4n) is 1.53. The first kappa shape index (κ1) is 13.6. The molecule has 1 unspecified atom stereocenters. The molecule has 0 N–H and O–H groups in total. The molecule has 0 bridgehead atoms. The van der Waals surface area contributed by atoms with E-state index in [9.17, 15) is 0 Å². The molecule has 0 aliphatic heterocycles. The lowest BCUT2D eigenvalue weighted by molar-refractivity contribution is 0.125. The number of amidine groups is 1. The summed E-state index contributed by atoms with van der Waals surface area (Å²) in [6.07, 6.45) is 1.80. The summed E-state index contributed by atoms with van der Waals surface area (Å²) in [5, 5.41) is 0. The Kier molecular flexibility index (Phi) is 5.57. The molecule has 92 valence electrons. The molecule has 0 fully saturated rings. The lowest BCUT2D eigenvalue weighted by atomic mass is 10.1. The molecule has 1 rings (SSSR count). The summed E-state index contributed by atoms with van der Waals surface area (Å²) in [5.41, 5.74) is 2.24. The van der Waals surface area contributed by atoms with Gasteiger partial charge < -0.3 is 4.74 Å². The van der Waals surface area contributed by atoms with E-state index in [1.165, 1.54) is 5.56 Å². The monoisotopic (exact) mass is 232 g/mol. The molecule has 0 aliphatic carbocycles. The van der Waals surface area contributed by atoms with Gasteiger partial charge in [0.2, 0.25) is 0 Å². The SMILES string of the molecule is CCOC(C)C=NC(=NC)c1cccc(C)c1. The van der Waals surface area contributed by atoms with Gasteiger partial charge in [0, 0.05) is 25.4 Å². The maximum absolute atomic E-state index is 5.39. The summed E-state index contributed by atoms with van der Waals surface area (Å²) in [6.45, 7) is 6.69. The van der Waals surface area contributed by atoms with Gasteiger partial charge in [-0.15, -0.1) is 0 Å². The molecule has 0 aromatic heterocycles. The van der Waals surface area contributed by atoms with Crippen molar-refractivity contribution >= 4 is 12.1 Å². The van der Waals surface area contributed by atoms with E-state index in [-0.39, 0.29) is 6.10 Å². The minimum atomic E-state index is 0.0153. The first-order valence-electron chi connectivity index (χ1n) is 5.87. The van der Waals surface area contributed by atoms with Gasteiger partial charge in [0.25, 0.3) is 0 Å². The molecule has 17 heavy (non-hydrogen) atoms. The van der Waals surface area contributed by atoms with Crippen LogP contribution in [0.3, 0.4) is 0 Å². The largest absolute Gasteiger partial charge is 0.373 e. The van der Waals surface area contributed by atoms with Crippen molar-refractivity contribution in [2.75, 3.05) is 13.7 Å². The van der Waals surface area contributed by atoms with Crippen molar-refractivity contribution in [3.63, 3.8) is 0 Å². The maximum atomic E-state index is 5.39. The van der Waals surface area contributed by atoms with Crippen LogP contribution in [0.5, 0.6) is 0 Å². The van der Waals surface area contributed by atoms with Crippen molar-refractivity contribution in [3.05, 3.63) is 35.4 Å². The second-order valence-electron chi connectivity index (χ2n) is 3.86. The maximum Gasteiger partial charge on any atom is 0.154 e. The smallest absolute Gasteiger partial charge is 0.154 e. The van der Waals surface area contributed by atoms with Gasteiger partial charge in [-0.1, -0.05) is 23.8 Å². The van der Waals surface area contributed by atoms with Crippen LogP contribution in [0.15, 0.2) is 34.3 Å². The zero-order valence-electron chi connectivity index (χ0n) is 11.0. The van der Waals surface area contributed by atoms with Gasteiger partial charge in [0.15, 0.2) is 5.84 Å². The number of aliphatic imine (C=N–C) groups is 2. The molecular formula is C14H20N2O. The number of rotatable bonds is 4. The normalized spacial score (nSPS) is 14.2. The topological polar surface area (TPSA) is 34.0 Å². The molecule has 0 aliphatic rings. The van der Waals surface area contributed by atoms with Crippen molar-refractivity contribution in [2.45, 2.75) is 26.9 Å². The molecule has 1 aromatic rings. The van der Waals surface area contributed by atoms with Gasteiger partial charge in [-0.3, -0.25) is 4.99 Å². The van der Waals surface area contributed by atoms with Crippen molar-refractivity contribution in [3.8, 4) is 0 Å². The number of ether oxygens (including phenoxy) is 1. The van der Waals surface area contributed by atoms with Gasteiger partial charge in [-0.05, 0) is 26.8 Å². The van der Waals surface area contributed by atoms with Crippen molar-refractivity contribution in [2.24, 2.45) is 9.98 Å². The van der Waals surface area contributed by atoms with Crippen LogP contribution in [-0.2, 0) is 4.74 Å². The first-order chi connectivity index (χ1) is 8.17. The predicted molar refractivity (Wildman–Crippen MR) is 73.2 cm³/mol. The third kappa shape index (κ3) is 4.49. The Bertz CT molecular complexity index is 410. The Morgan fingerprint density at radius 1 is 1.47 bits per heavy atom. The number of benzene rings is 1. The minimum Gasteiger partial charge on any atom is -0.373 e. The number of hydrogen-bond acceptors (Lipinski definition) is 2. The Hall–Kier alpha value is -1.48. The lowest BCUT2D eigenvalue weighted by Crippen LogP contribution is -2.11. The molecule has 0 amide bonds. The van der Waals surface area contributed by atoms with E-state index >= 15 is 0 Å². The fraction of sp³-hybridized carbons (Fsp3) is 0.429. The van der Waals surface area contributed by atoms with Crippen molar-refractivity contribution in [1.29, 1.82) is 0 Å². The zero-order chi connectivity index (χ0) is 12.7. The summed E-state index contributed by atoms with van der Waals surface area (Å²) in [7, 11) is 1.75. The Morgan fingerprint density at radius 2 is 2.24 bits per heavy atom. The van der Waals surface area contributed by atoms with E-state index in [0.29, 0.717) is 6.61 Å². The molecule has 0 radical (unpaired) electrons. The quantitative estimate of drug-likeness (QED) is 0.580. The molecule has 1 aromatic carbocycles. The van der Waals surface area contributed by atoms with Crippen LogP contribution < -0.4 is 0 Å². The minimum absolute atomic E-state index is 0.0153. The molecule has 1 atom stereocenters. The predicted octanol–water partition coefficient (Wildman–Crippen LogP) is 2.87. The van der Waals surface area contributed by atoms with Crippen LogP contribution in [0.2, 0.25) is 0 Å². The van der Waals surface area contributed by atoms with Gasteiger partial charge in [-0.25, -0.2) is 4.99 Å². The van der Waals surface area contributed by atoms with Crippen LogP contribution in [0, 0.1) is 6.92 Å². The van der Waals surface area contributed by atoms with Crippen LogP contribution >= 0.6 is 0 Å². The summed E-state index contributed by atoms with van der Waals surface area (Å²) in [4.78, 5) is 8.57. The number of hydrogen-bond donors (Lipinski definition) is 0. The molecule has 0 heterocycles. The Labute approximate surface area is 103 Å². The van der Waals surface area contributed by atoms with Crippen LogP contribution in [0.1, 0.15) is 25.0 Å². The first-order valence-corrected chi connectivity index (χ1v) is 5.87. The summed E-state index contributed by atoms with van der Waals surface area (Å²) in [6, 6.07) is 8.16. The molecule has 0 spiro atoms.